The van der Waals surface area contributed by atoms with Crippen LogP contribution in [-0.2, 0) is 6.42 Å². The Labute approximate surface area is 142 Å². The summed E-state index contributed by atoms with van der Waals surface area (Å²) in [5.41, 5.74) is 5.40. The van der Waals surface area contributed by atoms with Gasteiger partial charge in [0.2, 0.25) is 0 Å². The van der Waals surface area contributed by atoms with E-state index in [9.17, 15) is 4.79 Å². The van der Waals surface area contributed by atoms with E-state index in [1.807, 2.05) is 43.3 Å². The number of fused-ring (bicyclic) bond motifs is 1. The van der Waals surface area contributed by atoms with Crippen LogP contribution in [0.2, 0.25) is 0 Å². The van der Waals surface area contributed by atoms with Crippen LogP contribution >= 0.6 is 0 Å². The molecule has 1 fully saturated rings. The summed E-state index contributed by atoms with van der Waals surface area (Å²) in [5.74, 6) is 0.787. The normalized spacial score (nSPS) is 19.4. The molecule has 1 saturated carbocycles. The molecule has 2 atom stereocenters. The van der Waals surface area contributed by atoms with E-state index in [4.69, 9.17) is 0 Å². The highest BCUT2D eigenvalue weighted by molar-refractivity contribution is 6.03. The predicted octanol–water partition coefficient (Wildman–Crippen LogP) is 5.09. The van der Waals surface area contributed by atoms with Crippen molar-refractivity contribution >= 4 is 16.7 Å². The molecular weight excluding hydrogens is 294 g/mol. The van der Waals surface area contributed by atoms with E-state index in [1.165, 1.54) is 11.1 Å². The summed E-state index contributed by atoms with van der Waals surface area (Å²) in [5, 5.41) is 1.07. The first kappa shape index (κ1) is 15.1. The van der Waals surface area contributed by atoms with Crippen molar-refractivity contribution in [2.75, 3.05) is 0 Å². The molecule has 1 aliphatic rings. The Morgan fingerprint density at radius 2 is 1.92 bits per heavy atom. The minimum absolute atomic E-state index is 0.133. The molecule has 1 aromatic heterocycles. The molecule has 0 N–H and O–H groups in total. The molecule has 0 aliphatic heterocycles. The fourth-order valence-electron chi connectivity index (χ4n) is 3.60. The van der Waals surface area contributed by atoms with E-state index >= 15 is 0 Å². The highest BCUT2D eigenvalue weighted by Crippen LogP contribution is 2.49. The Hall–Kier alpha value is -2.48. The van der Waals surface area contributed by atoms with E-state index in [-0.39, 0.29) is 11.7 Å². The van der Waals surface area contributed by atoms with Crippen LogP contribution in [-0.4, -0.2) is 10.8 Å². The smallest absolute Gasteiger partial charge is 0.166 e. The summed E-state index contributed by atoms with van der Waals surface area (Å²) in [6.45, 7) is 4.19. The van der Waals surface area contributed by atoms with Gasteiger partial charge in [0, 0.05) is 22.6 Å². The van der Waals surface area contributed by atoms with Crippen molar-refractivity contribution < 1.29 is 4.79 Å². The van der Waals surface area contributed by atoms with E-state index in [2.05, 4.69) is 30.1 Å². The number of nitrogens with zero attached hydrogens (tertiary/aromatic N) is 1. The lowest BCUT2D eigenvalue weighted by molar-refractivity contribution is 0.0965. The average molecular weight is 315 g/mol. The number of hydrogen-bond acceptors (Lipinski definition) is 2. The summed E-state index contributed by atoms with van der Waals surface area (Å²) < 4.78 is 0. The van der Waals surface area contributed by atoms with Gasteiger partial charge in [0.25, 0.3) is 0 Å². The SMILES string of the molecule is CCc1cc2cc(C(=O)C3CC3c3ccccc3)ccc2nc1C. The number of hydrogen-bond donors (Lipinski definition) is 0. The molecule has 3 aromatic rings. The van der Waals surface area contributed by atoms with E-state index < -0.39 is 0 Å². The maximum absolute atomic E-state index is 12.8. The summed E-state index contributed by atoms with van der Waals surface area (Å²) in [7, 11) is 0. The van der Waals surface area contributed by atoms with E-state index in [0.717, 1.165) is 35.0 Å². The molecule has 1 heterocycles. The number of carbonyl (C=O) groups is 1. The third-order valence-electron chi connectivity index (χ3n) is 5.13. The Kier molecular flexibility index (Phi) is 3.68. The number of Topliss-reactive ketones (excluding diaryl/α,β-unsaturated/α-hetero) is 1. The highest BCUT2D eigenvalue weighted by atomic mass is 16.1. The monoisotopic (exact) mass is 315 g/mol. The molecule has 1 aliphatic carbocycles. The summed E-state index contributed by atoms with van der Waals surface area (Å²) in [6.07, 6.45) is 1.93. The van der Waals surface area contributed by atoms with Crippen LogP contribution in [0.3, 0.4) is 0 Å². The van der Waals surface area contributed by atoms with Gasteiger partial charge in [-0.1, -0.05) is 37.3 Å². The van der Waals surface area contributed by atoms with Crippen LogP contribution in [0.25, 0.3) is 10.9 Å². The Balaban J connectivity index is 1.62. The van der Waals surface area contributed by atoms with Gasteiger partial charge in [-0.05, 0) is 61.1 Å². The minimum Gasteiger partial charge on any atom is -0.294 e. The molecule has 2 unspecified atom stereocenters. The molecule has 0 saturated heterocycles. The van der Waals surface area contributed by atoms with Gasteiger partial charge in [-0.3, -0.25) is 9.78 Å². The lowest BCUT2D eigenvalue weighted by Gasteiger charge is -2.07. The van der Waals surface area contributed by atoms with Crippen molar-refractivity contribution in [1.29, 1.82) is 0 Å². The predicted molar refractivity (Wildman–Crippen MR) is 97.5 cm³/mol. The third-order valence-corrected chi connectivity index (χ3v) is 5.13. The van der Waals surface area contributed by atoms with Crippen LogP contribution in [0.1, 0.15) is 46.4 Å². The second-order valence-corrected chi connectivity index (χ2v) is 6.72. The van der Waals surface area contributed by atoms with Gasteiger partial charge in [0.1, 0.15) is 0 Å². The van der Waals surface area contributed by atoms with Crippen molar-refractivity contribution in [2.24, 2.45) is 5.92 Å². The summed E-state index contributed by atoms with van der Waals surface area (Å²) in [6, 6.07) is 18.5. The topological polar surface area (TPSA) is 30.0 Å². The van der Waals surface area contributed by atoms with Gasteiger partial charge < -0.3 is 0 Å². The molecule has 120 valence electrons. The second-order valence-electron chi connectivity index (χ2n) is 6.72. The van der Waals surface area contributed by atoms with Crippen molar-refractivity contribution in [3.8, 4) is 0 Å². The Bertz CT molecular complexity index is 914. The third kappa shape index (κ3) is 2.62. The molecule has 0 amide bonds. The van der Waals surface area contributed by atoms with Gasteiger partial charge in [-0.25, -0.2) is 0 Å². The number of pyridine rings is 1. The Morgan fingerprint density at radius 1 is 1.12 bits per heavy atom. The van der Waals surface area contributed by atoms with Gasteiger partial charge in [-0.2, -0.15) is 0 Å². The maximum atomic E-state index is 12.8. The molecule has 2 heteroatoms. The highest BCUT2D eigenvalue weighted by Gasteiger charge is 2.43. The number of ketones is 1. The molecule has 2 aromatic carbocycles. The van der Waals surface area contributed by atoms with Crippen LogP contribution in [0.5, 0.6) is 0 Å². The fourth-order valence-corrected chi connectivity index (χ4v) is 3.60. The van der Waals surface area contributed by atoms with Crippen LogP contribution in [0.4, 0.5) is 0 Å². The van der Waals surface area contributed by atoms with Crippen molar-refractivity contribution in [3.63, 3.8) is 0 Å². The zero-order valence-electron chi connectivity index (χ0n) is 14.1. The molecule has 0 spiro atoms. The lowest BCUT2D eigenvalue weighted by atomic mass is 10.00. The van der Waals surface area contributed by atoms with Gasteiger partial charge >= 0.3 is 0 Å². The standard InChI is InChI=1S/C22H21NO/c1-3-15-11-18-12-17(9-10-21(18)23-14(15)2)22(24)20-13-19(20)16-7-5-4-6-8-16/h4-12,19-20H,3,13H2,1-2H3. The summed E-state index contributed by atoms with van der Waals surface area (Å²) in [4.78, 5) is 17.5. The molecule has 24 heavy (non-hydrogen) atoms. The minimum atomic E-state index is 0.133. The number of aryl methyl sites for hydroxylation is 2. The van der Waals surface area contributed by atoms with Crippen molar-refractivity contribution in [3.05, 3.63) is 77.0 Å². The average Bonchev–Trinajstić information content (AvgIpc) is 3.41. The quantitative estimate of drug-likeness (QED) is 0.628. The van der Waals surface area contributed by atoms with E-state index in [1.54, 1.807) is 0 Å². The van der Waals surface area contributed by atoms with Crippen molar-refractivity contribution in [2.45, 2.75) is 32.6 Å². The number of carbonyl (C=O) groups excluding carboxylic acids is 1. The van der Waals surface area contributed by atoms with Gasteiger partial charge in [0.05, 0.1) is 5.52 Å². The molecule has 0 radical (unpaired) electrons. The largest absolute Gasteiger partial charge is 0.294 e. The number of aromatic nitrogens is 1. The maximum Gasteiger partial charge on any atom is 0.166 e. The van der Waals surface area contributed by atoms with Crippen molar-refractivity contribution in [1.82, 2.24) is 4.98 Å². The van der Waals surface area contributed by atoms with Gasteiger partial charge in [-0.15, -0.1) is 0 Å². The lowest BCUT2D eigenvalue weighted by Crippen LogP contribution is -2.03. The van der Waals surface area contributed by atoms with Crippen LogP contribution in [0.15, 0.2) is 54.6 Å². The zero-order valence-corrected chi connectivity index (χ0v) is 14.1. The van der Waals surface area contributed by atoms with Crippen LogP contribution < -0.4 is 0 Å². The fraction of sp³-hybridized carbons (Fsp3) is 0.273. The molecule has 0 bridgehead atoms. The first-order valence-corrected chi connectivity index (χ1v) is 8.67. The first-order chi connectivity index (χ1) is 11.7. The zero-order chi connectivity index (χ0) is 16.7. The van der Waals surface area contributed by atoms with E-state index in [0.29, 0.717) is 5.92 Å². The molecule has 4 rings (SSSR count). The first-order valence-electron chi connectivity index (χ1n) is 8.67. The number of rotatable bonds is 4. The Morgan fingerprint density at radius 3 is 2.67 bits per heavy atom. The molecular formula is C22H21NO. The van der Waals surface area contributed by atoms with Gasteiger partial charge in [0.15, 0.2) is 5.78 Å². The number of benzene rings is 2. The summed E-state index contributed by atoms with van der Waals surface area (Å²) >= 11 is 0. The second kappa shape index (κ2) is 5.86. The van der Waals surface area contributed by atoms with Crippen LogP contribution in [0, 0.1) is 12.8 Å². The molecule has 2 nitrogen and oxygen atoms in total.